The number of amides is 1. The molecule has 0 aromatic carbocycles. The second-order valence-electron chi connectivity index (χ2n) is 4.63. The number of hydrogen-bond acceptors (Lipinski definition) is 3. The van der Waals surface area contributed by atoms with Gasteiger partial charge in [-0.1, -0.05) is 0 Å². The lowest BCUT2D eigenvalue weighted by atomic mass is 10.2. The van der Waals surface area contributed by atoms with Crippen LogP contribution in [-0.2, 0) is 24.3 Å². The first-order valence-electron chi connectivity index (χ1n) is 6.03. The van der Waals surface area contributed by atoms with E-state index in [0.717, 1.165) is 37.5 Å². The van der Waals surface area contributed by atoms with Gasteiger partial charge in [-0.2, -0.15) is 0 Å². The molecular weight excluding hydrogens is 204 g/mol. The number of hydrogen-bond donors (Lipinski definition) is 1. The van der Waals surface area contributed by atoms with Crippen LogP contribution >= 0.6 is 0 Å². The van der Waals surface area contributed by atoms with Crippen molar-refractivity contribution in [1.29, 1.82) is 0 Å². The first-order valence-corrected chi connectivity index (χ1v) is 6.03. The second-order valence-corrected chi connectivity index (χ2v) is 4.63. The molecule has 2 aliphatic rings. The van der Waals surface area contributed by atoms with Gasteiger partial charge in [0.25, 0.3) is 0 Å². The van der Waals surface area contributed by atoms with Crippen LogP contribution in [0.25, 0.3) is 0 Å². The van der Waals surface area contributed by atoms with Gasteiger partial charge in [-0.15, -0.1) is 10.2 Å². The summed E-state index contributed by atoms with van der Waals surface area (Å²) in [4.78, 5) is 11.5. The Balaban J connectivity index is 1.65. The summed E-state index contributed by atoms with van der Waals surface area (Å²) in [7, 11) is 0. The quantitative estimate of drug-likeness (QED) is 0.813. The summed E-state index contributed by atoms with van der Waals surface area (Å²) >= 11 is 0. The van der Waals surface area contributed by atoms with Crippen molar-refractivity contribution in [3.8, 4) is 0 Å². The molecule has 1 aliphatic carbocycles. The van der Waals surface area contributed by atoms with Crippen molar-refractivity contribution in [1.82, 2.24) is 20.1 Å². The normalized spacial score (nSPS) is 19.2. The highest BCUT2D eigenvalue weighted by Crippen LogP contribution is 2.28. The molecule has 2 heterocycles. The molecule has 1 aromatic heterocycles. The average Bonchev–Trinajstić information content (AvgIpc) is 3.08. The zero-order valence-electron chi connectivity index (χ0n) is 9.28. The molecule has 5 heteroatoms. The molecule has 0 radical (unpaired) electrons. The Morgan fingerprint density at radius 3 is 3.06 bits per heavy atom. The maximum atomic E-state index is 11.5. The third-order valence-electron chi connectivity index (χ3n) is 3.30. The fourth-order valence-electron chi connectivity index (χ4n) is 2.16. The molecule has 5 nitrogen and oxygen atoms in total. The van der Waals surface area contributed by atoms with E-state index in [-0.39, 0.29) is 11.8 Å². The smallest absolute Gasteiger partial charge is 0.223 e. The van der Waals surface area contributed by atoms with Crippen LogP contribution in [0.15, 0.2) is 0 Å². The molecule has 86 valence electrons. The average molecular weight is 220 g/mol. The van der Waals surface area contributed by atoms with Crippen LogP contribution in [0.3, 0.4) is 0 Å². The van der Waals surface area contributed by atoms with E-state index in [1.165, 1.54) is 12.8 Å². The first-order chi connectivity index (χ1) is 7.84. The summed E-state index contributed by atoms with van der Waals surface area (Å²) in [5.41, 5.74) is 0. The third-order valence-corrected chi connectivity index (χ3v) is 3.30. The largest absolute Gasteiger partial charge is 0.349 e. The van der Waals surface area contributed by atoms with Gasteiger partial charge in [-0.3, -0.25) is 4.79 Å². The maximum absolute atomic E-state index is 11.5. The molecule has 1 N–H and O–H groups in total. The summed E-state index contributed by atoms with van der Waals surface area (Å²) in [6.45, 7) is 1.53. The van der Waals surface area contributed by atoms with Gasteiger partial charge in [0.2, 0.25) is 5.91 Å². The zero-order chi connectivity index (χ0) is 11.0. The highest BCUT2D eigenvalue weighted by molar-refractivity contribution is 5.80. The number of fused-ring (bicyclic) bond motifs is 1. The van der Waals surface area contributed by atoms with Gasteiger partial charge in [-0.25, -0.2) is 0 Å². The van der Waals surface area contributed by atoms with E-state index in [9.17, 15) is 4.79 Å². The van der Waals surface area contributed by atoms with Crippen LogP contribution in [0.5, 0.6) is 0 Å². The lowest BCUT2D eigenvalue weighted by molar-refractivity contribution is -0.122. The number of aryl methyl sites for hydroxylation is 1. The van der Waals surface area contributed by atoms with E-state index in [0.29, 0.717) is 6.54 Å². The molecule has 0 atom stereocenters. The summed E-state index contributed by atoms with van der Waals surface area (Å²) < 4.78 is 2.15. The lowest BCUT2D eigenvalue weighted by Gasteiger charge is -2.14. The van der Waals surface area contributed by atoms with E-state index >= 15 is 0 Å². The van der Waals surface area contributed by atoms with Crippen LogP contribution in [0, 0.1) is 5.92 Å². The van der Waals surface area contributed by atoms with E-state index in [4.69, 9.17) is 0 Å². The van der Waals surface area contributed by atoms with Crippen LogP contribution in [0.4, 0.5) is 0 Å². The zero-order valence-corrected chi connectivity index (χ0v) is 9.28. The SMILES string of the molecule is O=C(NCc1nnc2n1CCCC2)C1CC1. The minimum Gasteiger partial charge on any atom is -0.349 e. The minimum absolute atomic E-state index is 0.174. The fourth-order valence-corrected chi connectivity index (χ4v) is 2.16. The summed E-state index contributed by atoms with van der Waals surface area (Å²) in [5.74, 6) is 2.42. The van der Waals surface area contributed by atoms with Crippen LogP contribution in [0.1, 0.15) is 37.3 Å². The maximum Gasteiger partial charge on any atom is 0.223 e. The van der Waals surface area contributed by atoms with Gasteiger partial charge >= 0.3 is 0 Å². The highest BCUT2D eigenvalue weighted by atomic mass is 16.2. The molecule has 1 saturated carbocycles. The molecule has 0 spiro atoms. The number of rotatable bonds is 3. The van der Waals surface area contributed by atoms with E-state index in [1.54, 1.807) is 0 Å². The Hall–Kier alpha value is -1.39. The second kappa shape index (κ2) is 3.88. The summed E-state index contributed by atoms with van der Waals surface area (Å²) in [6, 6.07) is 0. The van der Waals surface area contributed by atoms with E-state index in [2.05, 4.69) is 20.1 Å². The van der Waals surface area contributed by atoms with Crippen LogP contribution in [0.2, 0.25) is 0 Å². The highest BCUT2D eigenvalue weighted by Gasteiger charge is 2.29. The number of nitrogens with one attached hydrogen (secondary N) is 1. The van der Waals surface area contributed by atoms with Gasteiger partial charge in [0.15, 0.2) is 5.82 Å². The van der Waals surface area contributed by atoms with Gasteiger partial charge in [0.1, 0.15) is 5.82 Å². The number of nitrogens with zero attached hydrogens (tertiary/aromatic N) is 3. The topological polar surface area (TPSA) is 59.8 Å². The van der Waals surface area contributed by atoms with Crippen molar-refractivity contribution in [3.63, 3.8) is 0 Å². The Kier molecular flexibility index (Phi) is 2.38. The number of carbonyl (C=O) groups is 1. The van der Waals surface area contributed by atoms with Gasteiger partial charge in [0, 0.05) is 18.9 Å². The Morgan fingerprint density at radius 1 is 1.38 bits per heavy atom. The van der Waals surface area contributed by atoms with Crippen LogP contribution in [-0.4, -0.2) is 20.7 Å². The predicted octanol–water partition coefficient (Wildman–Crippen LogP) is 0.641. The molecule has 1 amide bonds. The molecule has 3 rings (SSSR count). The Morgan fingerprint density at radius 2 is 2.25 bits per heavy atom. The van der Waals surface area contributed by atoms with Gasteiger partial charge in [0.05, 0.1) is 6.54 Å². The van der Waals surface area contributed by atoms with Crippen molar-refractivity contribution in [3.05, 3.63) is 11.6 Å². The summed E-state index contributed by atoms with van der Waals surface area (Å²) in [6.07, 6.45) is 5.50. The van der Waals surface area contributed by atoms with E-state index in [1.807, 2.05) is 0 Å². The molecular formula is C11H16N4O. The number of aromatic nitrogens is 3. The van der Waals surface area contributed by atoms with Crippen molar-refractivity contribution >= 4 is 5.91 Å². The Labute approximate surface area is 94.2 Å². The molecule has 0 saturated heterocycles. The first kappa shape index (κ1) is 9.81. The van der Waals surface area contributed by atoms with Crippen LogP contribution < -0.4 is 5.32 Å². The summed E-state index contributed by atoms with van der Waals surface area (Å²) in [5, 5.41) is 11.2. The molecule has 16 heavy (non-hydrogen) atoms. The van der Waals surface area contributed by atoms with Gasteiger partial charge in [-0.05, 0) is 25.7 Å². The minimum atomic E-state index is 0.174. The van der Waals surface area contributed by atoms with Crippen molar-refractivity contribution in [2.45, 2.75) is 45.2 Å². The predicted molar refractivity (Wildman–Crippen MR) is 57.5 cm³/mol. The molecule has 0 unspecified atom stereocenters. The monoisotopic (exact) mass is 220 g/mol. The van der Waals surface area contributed by atoms with Crippen molar-refractivity contribution in [2.75, 3.05) is 0 Å². The molecule has 0 bridgehead atoms. The van der Waals surface area contributed by atoms with Crippen molar-refractivity contribution < 1.29 is 4.79 Å². The molecule has 1 aromatic rings. The van der Waals surface area contributed by atoms with Crippen molar-refractivity contribution in [2.24, 2.45) is 5.92 Å². The number of carbonyl (C=O) groups excluding carboxylic acids is 1. The fraction of sp³-hybridized carbons (Fsp3) is 0.727. The lowest BCUT2D eigenvalue weighted by Crippen LogP contribution is -2.26. The molecule has 1 fully saturated rings. The van der Waals surface area contributed by atoms with Gasteiger partial charge < -0.3 is 9.88 Å². The Bertz CT molecular complexity index is 408. The van der Waals surface area contributed by atoms with E-state index < -0.39 is 0 Å². The third kappa shape index (κ3) is 1.81. The molecule has 1 aliphatic heterocycles. The standard InChI is InChI=1S/C11H16N4O/c16-11(8-4-5-8)12-7-10-14-13-9-3-1-2-6-15(9)10/h8H,1-7H2,(H,12,16).